The van der Waals surface area contributed by atoms with E-state index in [4.69, 9.17) is 5.11 Å². The molecule has 3 heterocycles. The van der Waals surface area contributed by atoms with E-state index in [1.807, 2.05) is 30.5 Å². The molecule has 0 unspecified atom stereocenters. The molecule has 1 amide bonds. The lowest BCUT2D eigenvalue weighted by Crippen LogP contribution is -2.37. The lowest BCUT2D eigenvalue weighted by atomic mass is 9.84. The number of fused-ring (bicyclic) bond motifs is 3. The van der Waals surface area contributed by atoms with Gasteiger partial charge in [-0.1, -0.05) is 26.0 Å². The average Bonchev–Trinajstić information content (AvgIpc) is 3.10. The molecular formula is C26H28F3N3O4. The quantitative estimate of drug-likeness (QED) is 0.460. The number of rotatable bonds is 8. The number of aromatic nitrogens is 2. The van der Waals surface area contributed by atoms with Crippen molar-refractivity contribution in [1.29, 1.82) is 0 Å². The molecule has 0 aliphatic carbocycles. The SMILES string of the molecule is CC(C)(CCC(=O)N1CCc2c(n(Cc3ccc(OC(F)(F)F)cc3)c3ncccc23)C1)CC(=O)O. The zero-order valence-electron chi connectivity index (χ0n) is 20.1. The van der Waals surface area contributed by atoms with Crippen molar-refractivity contribution in [3.63, 3.8) is 0 Å². The Morgan fingerprint density at radius 2 is 1.86 bits per heavy atom. The number of carboxylic acid groups (broad SMARTS) is 1. The Bertz CT molecular complexity index is 1270. The number of nitrogens with zero attached hydrogens (tertiary/aromatic N) is 3. The third-order valence-corrected chi connectivity index (χ3v) is 6.51. The fourth-order valence-corrected chi connectivity index (χ4v) is 4.72. The van der Waals surface area contributed by atoms with Crippen LogP contribution in [0.5, 0.6) is 5.75 Å². The van der Waals surface area contributed by atoms with Gasteiger partial charge in [-0.25, -0.2) is 4.98 Å². The van der Waals surface area contributed by atoms with Gasteiger partial charge in [0.15, 0.2) is 0 Å². The molecule has 7 nitrogen and oxygen atoms in total. The minimum absolute atomic E-state index is 0.00284. The van der Waals surface area contributed by atoms with Crippen molar-refractivity contribution in [2.45, 2.75) is 59.0 Å². The molecule has 1 aliphatic heterocycles. The van der Waals surface area contributed by atoms with Crippen LogP contribution in [0.25, 0.3) is 11.0 Å². The number of hydrogen-bond acceptors (Lipinski definition) is 4. The number of ether oxygens (including phenoxy) is 1. The standard InChI is InChI=1S/C26H28F3N3O4/c1-25(2,14-23(34)35)11-9-22(33)31-13-10-19-20-4-3-12-30-24(20)32(21(19)16-31)15-17-5-7-18(8-6-17)36-26(27,28)29/h3-8,12H,9-11,13-16H2,1-2H3,(H,34,35). The number of carboxylic acids is 1. The van der Waals surface area contributed by atoms with Gasteiger partial charge >= 0.3 is 12.3 Å². The first kappa shape index (κ1) is 25.5. The highest BCUT2D eigenvalue weighted by atomic mass is 19.4. The topological polar surface area (TPSA) is 84.7 Å². The molecule has 10 heteroatoms. The van der Waals surface area contributed by atoms with E-state index in [2.05, 4.69) is 9.72 Å². The van der Waals surface area contributed by atoms with Gasteiger partial charge in [-0.2, -0.15) is 0 Å². The van der Waals surface area contributed by atoms with Crippen LogP contribution in [0.2, 0.25) is 0 Å². The Labute approximate surface area is 206 Å². The van der Waals surface area contributed by atoms with E-state index < -0.39 is 17.7 Å². The number of aliphatic carboxylic acids is 1. The second-order valence-corrected chi connectivity index (χ2v) is 9.88. The van der Waals surface area contributed by atoms with E-state index in [0.717, 1.165) is 27.9 Å². The zero-order chi connectivity index (χ0) is 26.1. The summed E-state index contributed by atoms with van der Waals surface area (Å²) in [4.78, 5) is 30.4. The molecule has 0 spiro atoms. The molecule has 0 bridgehead atoms. The Morgan fingerprint density at radius 1 is 1.14 bits per heavy atom. The molecule has 36 heavy (non-hydrogen) atoms. The molecular weight excluding hydrogens is 475 g/mol. The highest BCUT2D eigenvalue weighted by molar-refractivity contribution is 5.84. The molecule has 0 saturated heterocycles. The van der Waals surface area contributed by atoms with Gasteiger partial charge in [0.25, 0.3) is 0 Å². The number of carbonyl (C=O) groups is 2. The van der Waals surface area contributed by atoms with Crippen LogP contribution in [0.1, 0.15) is 49.9 Å². The summed E-state index contributed by atoms with van der Waals surface area (Å²) in [6.45, 7) is 5.01. The van der Waals surface area contributed by atoms with Crippen molar-refractivity contribution < 1.29 is 32.6 Å². The van der Waals surface area contributed by atoms with Crippen molar-refractivity contribution in [3.05, 3.63) is 59.4 Å². The van der Waals surface area contributed by atoms with Gasteiger partial charge in [0.05, 0.1) is 13.0 Å². The van der Waals surface area contributed by atoms with Gasteiger partial charge in [-0.15, -0.1) is 13.2 Å². The lowest BCUT2D eigenvalue weighted by molar-refractivity contribution is -0.274. The monoisotopic (exact) mass is 503 g/mol. The van der Waals surface area contributed by atoms with Crippen LogP contribution in [0.3, 0.4) is 0 Å². The van der Waals surface area contributed by atoms with Crippen LogP contribution in [-0.4, -0.2) is 44.3 Å². The maximum atomic E-state index is 13.0. The largest absolute Gasteiger partial charge is 0.573 e. The zero-order valence-corrected chi connectivity index (χ0v) is 20.1. The van der Waals surface area contributed by atoms with Crippen molar-refractivity contribution >= 4 is 22.9 Å². The second kappa shape index (κ2) is 9.83. The van der Waals surface area contributed by atoms with E-state index >= 15 is 0 Å². The fraction of sp³-hybridized carbons (Fsp3) is 0.423. The molecule has 3 aromatic rings. The summed E-state index contributed by atoms with van der Waals surface area (Å²) in [6, 6.07) is 9.57. The Hall–Kier alpha value is -3.56. The summed E-state index contributed by atoms with van der Waals surface area (Å²) in [6.07, 6.45) is -1.67. The maximum absolute atomic E-state index is 13.0. The van der Waals surface area contributed by atoms with Gasteiger partial charge in [-0.05, 0) is 53.6 Å². The molecule has 1 N–H and O–H groups in total. The highest BCUT2D eigenvalue weighted by Crippen LogP contribution is 2.32. The first-order valence-corrected chi connectivity index (χ1v) is 11.7. The van der Waals surface area contributed by atoms with E-state index in [1.165, 1.54) is 12.1 Å². The third-order valence-electron chi connectivity index (χ3n) is 6.51. The van der Waals surface area contributed by atoms with Crippen molar-refractivity contribution in [3.8, 4) is 5.75 Å². The van der Waals surface area contributed by atoms with Gasteiger partial charge in [0.1, 0.15) is 11.4 Å². The summed E-state index contributed by atoms with van der Waals surface area (Å²) in [7, 11) is 0. The Kier molecular flexibility index (Phi) is 6.97. The predicted molar refractivity (Wildman–Crippen MR) is 126 cm³/mol. The minimum Gasteiger partial charge on any atom is -0.481 e. The molecule has 0 saturated carbocycles. The summed E-state index contributed by atoms with van der Waals surface area (Å²) in [5.41, 5.74) is 3.11. The number of amides is 1. The van der Waals surface area contributed by atoms with E-state index in [0.29, 0.717) is 32.5 Å². The van der Waals surface area contributed by atoms with Gasteiger partial charge in [0, 0.05) is 36.8 Å². The van der Waals surface area contributed by atoms with Crippen LogP contribution in [0.4, 0.5) is 13.2 Å². The smallest absolute Gasteiger partial charge is 0.481 e. The molecule has 192 valence electrons. The fourth-order valence-electron chi connectivity index (χ4n) is 4.72. The first-order chi connectivity index (χ1) is 16.9. The summed E-state index contributed by atoms with van der Waals surface area (Å²) >= 11 is 0. The maximum Gasteiger partial charge on any atom is 0.573 e. The number of benzene rings is 1. The summed E-state index contributed by atoms with van der Waals surface area (Å²) < 4.78 is 43.5. The molecule has 4 rings (SSSR count). The summed E-state index contributed by atoms with van der Waals surface area (Å²) in [5.74, 6) is -1.20. The first-order valence-electron chi connectivity index (χ1n) is 11.7. The van der Waals surface area contributed by atoms with E-state index in [1.54, 1.807) is 23.2 Å². The van der Waals surface area contributed by atoms with Crippen LogP contribution in [-0.2, 0) is 29.1 Å². The molecule has 2 aromatic heterocycles. The number of pyridine rings is 1. The molecule has 1 aliphatic rings. The van der Waals surface area contributed by atoms with Crippen LogP contribution in [0.15, 0.2) is 42.6 Å². The third kappa shape index (κ3) is 5.98. The second-order valence-electron chi connectivity index (χ2n) is 9.88. The van der Waals surface area contributed by atoms with Crippen molar-refractivity contribution in [1.82, 2.24) is 14.5 Å². The average molecular weight is 504 g/mol. The molecule has 0 radical (unpaired) electrons. The predicted octanol–water partition coefficient (Wildman–Crippen LogP) is 5.15. The number of halogens is 3. The van der Waals surface area contributed by atoms with Gasteiger partial charge in [0.2, 0.25) is 5.91 Å². The number of carbonyl (C=O) groups excluding carboxylic acids is 1. The van der Waals surface area contributed by atoms with Crippen LogP contribution in [0, 0.1) is 5.41 Å². The Morgan fingerprint density at radius 3 is 2.53 bits per heavy atom. The van der Waals surface area contributed by atoms with Gasteiger partial charge in [-0.3, -0.25) is 9.59 Å². The summed E-state index contributed by atoms with van der Waals surface area (Å²) in [5, 5.41) is 10.1. The van der Waals surface area contributed by atoms with Crippen molar-refractivity contribution in [2.24, 2.45) is 5.41 Å². The van der Waals surface area contributed by atoms with E-state index in [-0.39, 0.29) is 24.5 Å². The van der Waals surface area contributed by atoms with E-state index in [9.17, 15) is 22.8 Å². The molecule has 0 fully saturated rings. The lowest BCUT2D eigenvalue weighted by Gasteiger charge is -2.30. The molecule has 1 aromatic carbocycles. The van der Waals surface area contributed by atoms with Crippen LogP contribution >= 0.6 is 0 Å². The number of hydrogen-bond donors (Lipinski definition) is 1. The highest BCUT2D eigenvalue weighted by Gasteiger charge is 2.31. The molecule has 0 atom stereocenters. The Balaban J connectivity index is 1.55. The van der Waals surface area contributed by atoms with Gasteiger partial charge < -0.3 is 19.3 Å². The number of alkyl halides is 3. The normalized spacial score (nSPS) is 14.1. The minimum atomic E-state index is -4.75. The van der Waals surface area contributed by atoms with Crippen LogP contribution < -0.4 is 4.74 Å². The van der Waals surface area contributed by atoms with Crippen molar-refractivity contribution in [2.75, 3.05) is 6.54 Å².